The summed E-state index contributed by atoms with van der Waals surface area (Å²) in [5, 5.41) is 11.3. The highest BCUT2D eigenvalue weighted by molar-refractivity contribution is 14.0. The molecule has 33 heavy (non-hydrogen) atoms. The summed E-state index contributed by atoms with van der Waals surface area (Å²) in [5.41, 5.74) is 0.911. The van der Waals surface area contributed by atoms with Crippen molar-refractivity contribution >= 4 is 41.9 Å². The molecule has 10 nitrogen and oxygen atoms in total. The van der Waals surface area contributed by atoms with E-state index in [-0.39, 0.29) is 48.6 Å². The molecule has 1 aliphatic carbocycles. The Hall–Kier alpha value is -2.05. The van der Waals surface area contributed by atoms with E-state index >= 15 is 0 Å². The minimum atomic E-state index is -0.257. The van der Waals surface area contributed by atoms with Gasteiger partial charge in [0.1, 0.15) is 0 Å². The highest BCUT2D eigenvalue weighted by atomic mass is 127. The quantitative estimate of drug-likeness (QED) is 0.294. The molecule has 0 spiro atoms. The first-order valence-corrected chi connectivity index (χ1v) is 11.7. The fourth-order valence-corrected chi connectivity index (χ4v) is 4.08. The molecular weight excluding hydrogens is 537 g/mol. The average molecular weight is 575 g/mol. The number of ether oxygens (including phenoxy) is 1. The summed E-state index contributed by atoms with van der Waals surface area (Å²) < 4.78 is 7.16. The number of aliphatic imine (C=N–C) groups is 1. The van der Waals surface area contributed by atoms with Crippen LogP contribution < -0.4 is 10.6 Å². The SMILES string of the molecule is CCOC(=O)N1CCC(NC(=NCc2ccn(C3CCCC3)n2)NCC(=O)N(C)C)CC1.I. The lowest BCUT2D eigenvalue weighted by molar-refractivity contribution is -0.127. The molecule has 2 heterocycles. The van der Waals surface area contributed by atoms with Gasteiger partial charge in [0.25, 0.3) is 0 Å². The Bertz CT molecular complexity index is 785. The maximum atomic E-state index is 12.1. The summed E-state index contributed by atoms with van der Waals surface area (Å²) in [6.07, 6.45) is 8.28. The fraction of sp³-hybridized carbons (Fsp3) is 0.727. The van der Waals surface area contributed by atoms with Crippen molar-refractivity contribution in [3.05, 3.63) is 18.0 Å². The molecule has 0 atom stereocenters. The molecule has 0 radical (unpaired) electrons. The number of halogens is 1. The lowest BCUT2D eigenvalue weighted by Crippen LogP contribution is -2.51. The summed E-state index contributed by atoms with van der Waals surface area (Å²) in [6, 6.07) is 2.69. The predicted octanol–water partition coefficient (Wildman–Crippen LogP) is 2.36. The molecule has 186 valence electrons. The van der Waals surface area contributed by atoms with Crippen LogP contribution in [0.4, 0.5) is 4.79 Å². The van der Waals surface area contributed by atoms with Crippen molar-refractivity contribution in [2.75, 3.05) is 40.3 Å². The zero-order valence-corrected chi connectivity index (χ0v) is 22.3. The van der Waals surface area contributed by atoms with Crippen LogP contribution in [0.2, 0.25) is 0 Å². The van der Waals surface area contributed by atoms with Gasteiger partial charge in [-0.2, -0.15) is 5.10 Å². The summed E-state index contributed by atoms with van der Waals surface area (Å²) in [5.74, 6) is 0.562. The molecule has 2 aliphatic rings. The van der Waals surface area contributed by atoms with Gasteiger partial charge in [-0.25, -0.2) is 9.79 Å². The van der Waals surface area contributed by atoms with Crippen molar-refractivity contribution in [3.63, 3.8) is 0 Å². The van der Waals surface area contributed by atoms with Crippen LogP contribution >= 0.6 is 24.0 Å². The zero-order chi connectivity index (χ0) is 22.9. The van der Waals surface area contributed by atoms with Gasteiger partial charge >= 0.3 is 6.09 Å². The predicted molar refractivity (Wildman–Crippen MR) is 138 cm³/mol. The van der Waals surface area contributed by atoms with Crippen LogP contribution in [0.1, 0.15) is 57.2 Å². The maximum absolute atomic E-state index is 12.1. The first-order valence-electron chi connectivity index (χ1n) is 11.7. The molecule has 1 aliphatic heterocycles. The van der Waals surface area contributed by atoms with Crippen LogP contribution in [0.25, 0.3) is 0 Å². The van der Waals surface area contributed by atoms with E-state index in [1.807, 2.05) is 19.2 Å². The van der Waals surface area contributed by atoms with Crippen LogP contribution in [0, 0.1) is 0 Å². The molecular formula is C22H38IN7O3. The van der Waals surface area contributed by atoms with Crippen molar-refractivity contribution < 1.29 is 14.3 Å². The van der Waals surface area contributed by atoms with E-state index in [9.17, 15) is 9.59 Å². The molecule has 3 rings (SSSR count). The number of likely N-dealkylation sites (N-methyl/N-ethyl adjacent to an activating group) is 1. The van der Waals surface area contributed by atoms with E-state index in [1.54, 1.807) is 23.9 Å². The van der Waals surface area contributed by atoms with E-state index in [2.05, 4.69) is 20.3 Å². The van der Waals surface area contributed by atoms with Crippen molar-refractivity contribution in [3.8, 4) is 0 Å². The highest BCUT2D eigenvalue weighted by Gasteiger charge is 2.24. The summed E-state index contributed by atoms with van der Waals surface area (Å²) >= 11 is 0. The summed E-state index contributed by atoms with van der Waals surface area (Å²) in [6.45, 7) is 4.06. The maximum Gasteiger partial charge on any atom is 0.409 e. The largest absolute Gasteiger partial charge is 0.450 e. The number of nitrogens with zero attached hydrogens (tertiary/aromatic N) is 5. The molecule has 2 fully saturated rings. The standard InChI is InChI=1S/C22H37N7O3.HI/c1-4-32-22(31)28-12-9-17(10-13-28)25-21(24-16-20(30)27(2)3)23-15-18-11-14-29(26-18)19-7-5-6-8-19;/h11,14,17,19H,4-10,12-13,15-16H2,1-3H3,(H2,23,24,25);1H. The average Bonchev–Trinajstić information content (AvgIpc) is 3.48. The van der Waals surface area contributed by atoms with Crippen molar-refractivity contribution in [2.45, 2.75) is 64.1 Å². The topological polar surface area (TPSA) is 104 Å². The van der Waals surface area contributed by atoms with Crippen LogP contribution in [0.3, 0.4) is 0 Å². The van der Waals surface area contributed by atoms with Gasteiger partial charge in [0.05, 0.1) is 31.4 Å². The molecule has 2 amide bonds. The fourth-order valence-electron chi connectivity index (χ4n) is 4.08. The van der Waals surface area contributed by atoms with Crippen LogP contribution in [0.15, 0.2) is 17.3 Å². The molecule has 1 saturated carbocycles. The Morgan fingerprint density at radius 1 is 1.21 bits per heavy atom. The van der Waals surface area contributed by atoms with Gasteiger partial charge in [-0.1, -0.05) is 12.8 Å². The minimum Gasteiger partial charge on any atom is -0.450 e. The zero-order valence-electron chi connectivity index (χ0n) is 20.0. The number of hydrogen-bond donors (Lipinski definition) is 2. The highest BCUT2D eigenvalue weighted by Crippen LogP contribution is 2.28. The Labute approximate surface area is 213 Å². The lowest BCUT2D eigenvalue weighted by Gasteiger charge is -2.32. The van der Waals surface area contributed by atoms with Crippen LogP contribution in [0.5, 0.6) is 0 Å². The molecule has 0 bridgehead atoms. The number of amides is 2. The first-order chi connectivity index (χ1) is 15.5. The number of nitrogens with one attached hydrogen (secondary N) is 2. The molecule has 1 aromatic heterocycles. The molecule has 11 heteroatoms. The molecule has 1 aromatic rings. The van der Waals surface area contributed by atoms with Gasteiger partial charge in [-0.3, -0.25) is 9.48 Å². The Morgan fingerprint density at radius 2 is 1.91 bits per heavy atom. The number of carbonyl (C=O) groups excluding carboxylic acids is 2. The number of likely N-dealkylation sites (tertiary alicyclic amines) is 1. The number of hydrogen-bond acceptors (Lipinski definition) is 5. The monoisotopic (exact) mass is 575 g/mol. The Morgan fingerprint density at radius 3 is 2.55 bits per heavy atom. The van der Waals surface area contributed by atoms with Crippen LogP contribution in [-0.2, 0) is 16.1 Å². The number of guanidine groups is 1. The van der Waals surface area contributed by atoms with Gasteiger partial charge in [0, 0.05) is 39.4 Å². The Balaban J connectivity index is 0.00000385. The first kappa shape index (κ1) is 27.2. The van der Waals surface area contributed by atoms with Gasteiger partial charge < -0.3 is 25.2 Å². The second kappa shape index (κ2) is 13.6. The van der Waals surface area contributed by atoms with E-state index < -0.39 is 0 Å². The number of piperidine rings is 1. The van der Waals surface area contributed by atoms with Gasteiger partial charge in [-0.15, -0.1) is 24.0 Å². The second-order valence-corrected chi connectivity index (χ2v) is 8.64. The number of carbonyl (C=O) groups is 2. The third kappa shape index (κ3) is 8.35. The normalized spacial score (nSPS) is 17.4. The van der Waals surface area contributed by atoms with Crippen LogP contribution in [-0.4, -0.2) is 83.9 Å². The summed E-state index contributed by atoms with van der Waals surface area (Å²) in [7, 11) is 3.46. The van der Waals surface area contributed by atoms with E-state index in [0.717, 1.165) is 18.5 Å². The number of aromatic nitrogens is 2. The Kier molecular flexibility index (Phi) is 11.2. The van der Waals surface area contributed by atoms with E-state index in [4.69, 9.17) is 9.84 Å². The minimum absolute atomic E-state index is 0. The summed E-state index contributed by atoms with van der Waals surface area (Å²) in [4.78, 5) is 31.9. The van der Waals surface area contributed by atoms with E-state index in [1.165, 1.54) is 25.7 Å². The van der Waals surface area contributed by atoms with Crippen molar-refractivity contribution in [1.29, 1.82) is 0 Å². The molecule has 1 saturated heterocycles. The molecule has 0 aromatic carbocycles. The van der Waals surface area contributed by atoms with E-state index in [0.29, 0.717) is 38.2 Å². The third-order valence-electron chi connectivity index (χ3n) is 6.03. The molecule has 0 unspecified atom stereocenters. The molecule has 2 N–H and O–H groups in total. The lowest BCUT2D eigenvalue weighted by atomic mass is 10.1. The number of rotatable bonds is 7. The third-order valence-corrected chi connectivity index (χ3v) is 6.03. The van der Waals surface area contributed by atoms with Gasteiger partial charge in [-0.05, 0) is 38.7 Å². The van der Waals surface area contributed by atoms with Gasteiger partial charge in [0.2, 0.25) is 5.91 Å². The van der Waals surface area contributed by atoms with Gasteiger partial charge in [0.15, 0.2) is 5.96 Å². The smallest absolute Gasteiger partial charge is 0.409 e. The van der Waals surface area contributed by atoms with Crippen molar-refractivity contribution in [1.82, 2.24) is 30.2 Å². The van der Waals surface area contributed by atoms with Crippen molar-refractivity contribution in [2.24, 2.45) is 4.99 Å². The second-order valence-electron chi connectivity index (χ2n) is 8.64.